The fourth-order valence-electron chi connectivity index (χ4n) is 7.38. The Bertz CT molecular complexity index is 713. The summed E-state index contributed by atoms with van der Waals surface area (Å²) in [5.41, 5.74) is 3.34. The van der Waals surface area contributed by atoms with Crippen LogP contribution in [0.15, 0.2) is 23.3 Å². The van der Waals surface area contributed by atoms with E-state index in [9.17, 15) is 9.59 Å². The number of carbonyl (C=O) groups is 2. The number of carbonyl (C=O) groups excluding carboxylic acids is 2. The van der Waals surface area contributed by atoms with Crippen molar-refractivity contribution in [2.75, 3.05) is 0 Å². The first kappa shape index (κ1) is 15.1. The molecule has 4 unspecified atom stereocenters. The molecule has 0 aromatic rings. The minimum atomic E-state index is 0.0131. The molecular weight excluding hydrogens is 296 g/mol. The van der Waals surface area contributed by atoms with Crippen molar-refractivity contribution in [3.63, 3.8) is 0 Å². The Morgan fingerprint density at radius 1 is 1.00 bits per heavy atom. The van der Waals surface area contributed by atoms with Gasteiger partial charge in [-0.2, -0.15) is 0 Å². The molecule has 0 N–H and O–H groups in total. The van der Waals surface area contributed by atoms with Gasteiger partial charge in [0.25, 0.3) is 0 Å². The number of rotatable bonds is 0. The first-order valence-corrected chi connectivity index (χ1v) is 9.88. The zero-order valence-electron chi connectivity index (χ0n) is 15.0. The zero-order valence-corrected chi connectivity index (χ0v) is 15.0. The van der Waals surface area contributed by atoms with Gasteiger partial charge in [-0.25, -0.2) is 0 Å². The lowest BCUT2D eigenvalue weighted by molar-refractivity contribution is -0.150. The number of hydrogen-bond acceptors (Lipinski definition) is 2. The van der Waals surface area contributed by atoms with Gasteiger partial charge in [0.2, 0.25) is 0 Å². The fourth-order valence-corrected chi connectivity index (χ4v) is 7.38. The maximum atomic E-state index is 12.5. The molecule has 3 saturated carbocycles. The second-order valence-electron chi connectivity index (χ2n) is 9.54. The summed E-state index contributed by atoms with van der Waals surface area (Å²) in [5, 5.41) is 0. The van der Waals surface area contributed by atoms with Crippen LogP contribution in [0.25, 0.3) is 0 Å². The largest absolute Gasteiger partial charge is 0.299 e. The van der Waals surface area contributed by atoms with Crippen molar-refractivity contribution in [1.82, 2.24) is 0 Å². The SMILES string of the molecule is CC12CCC(=O)C=C1CCC1C2=CCC2(C)C1CC[C@]21CCC1=O. The average Bonchev–Trinajstić information content (AvgIpc) is 2.89. The van der Waals surface area contributed by atoms with Crippen molar-refractivity contribution in [1.29, 1.82) is 0 Å². The maximum absolute atomic E-state index is 12.5. The second-order valence-corrected chi connectivity index (χ2v) is 9.54. The summed E-state index contributed by atoms with van der Waals surface area (Å²) in [6.07, 6.45) is 13.8. The summed E-state index contributed by atoms with van der Waals surface area (Å²) in [5.74, 6) is 2.20. The Kier molecular flexibility index (Phi) is 2.84. The standard InChI is InChI=1S/C22H28O2/c1-20-9-5-15(23)13-14(20)3-4-16-17(20)6-10-21(2)18(16)7-11-22(21)12-8-19(22)24/h6,13,16,18H,3-5,7-12H2,1-2H3/t16?,18?,20?,21?,22-/m1/s1. The van der Waals surface area contributed by atoms with Crippen LogP contribution < -0.4 is 0 Å². The van der Waals surface area contributed by atoms with E-state index in [1.807, 2.05) is 6.08 Å². The van der Waals surface area contributed by atoms with Crippen LogP contribution in [0.3, 0.4) is 0 Å². The van der Waals surface area contributed by atoms with Gasteiger partial charge < -0.3 is 0 Å². The van der Waals surface area contributed by atoms with Gasteiger partial charge in [-0.3, -0.25) is 9.59 Å². The number of allylic oxidation sites excluding steroid dienone is 4. The molecule has 2 nitrogen and oxygen atoms in total. The number of ketones is 2. The predicted octanol–water partition coefficient (Wildman–Crippen LogP) is 4.79. The molecule has 2 heteroatoms. The summed E-state index contributed by atoms with van der Waals surface area (Å²) in [6, 6.07) is 0. The molecule has 5 aliphatic rings. The third kappa shape index (κ3) is 1.54. The summed E-state index contributed by atoms with van der Waals surface area (Å²) in [7, 11) is 0. The first-order chi connectivity index (χ1) is 11.4. The Morgan fingerprint density at radius 3 is 2.54 bits per heavy atom. The molecule has 3 fully saturated rings. The van der Waals surface area contributed by atoms with Gasteiger partial charge in [0.05, 0.1) is 0 Å². The first-order valence-electron chi connectivity index (χ1n) is 9.88. The number of fused-ring (bicyclic) bond motifs is 6. The molecule has 128 valence electrons. The fraction of sp³-hybridized carbons (Fsp3) is 0.727. The minimum absolute atomic E-state index is 0.0131. The zero-order chi connectivity index (χ0) is 16.7. The van der Waals surface area contributed by atoms with Crippen LogP contribution in [0.1, 0.15) is 71.6 Å². The summed E-state index contributed by atoms with van der Waals surface area (Å²) in [6.45, 7) is 4.80. The molecule has 5 aliphatic carbocycles. The van der Waals surface area contributed by atoms with Crippen LogP contribution in [0.4, 0.5) is 0 Å². The molecule has 0 aliphatic heterocycles. The molecule has 0 aromatic carbocycles. The van der Waals surface area contributed by atoms with Crippen LogP contribution in [-0.4, -0.2) is 11.6 Å². The monoisotopic (exact) mass is 324 g/mol. The Balaban J connectivity index is 1.58. The Labute approximate surface area is 144 Å². The van der Waals surface area contributed by atoms with E-state index in [0.29, 0.717) is 29.8 Å². The van der Waals surface area contributed by atoms with Crippen LogP contribution in [-0.2, 0) is 9.59 Å². The van der Waals surface area contributed by atoms with Crippen molar-refractivity contribution in [2.24, 2.45) is 28.1 Å². The van der Waals surface area contributed by atoms with Gasteiger partial charge in [-0.1, -0.05) is 31.1 Å². The van der Waals surface area contributed by atoms with Crippen LogP contribution >= 0.6 is 0 Å². The van der Waals surface area contributed by atoms with E-state index in [-0.39, 0.29) is 16.2 Å². The normalized spacial score (nSPS) is 49.8. The van der Waals surface area contributed by atoms with Crippen molar-refractivity contribution in [3.8, 4) is 0 Å². The highest BCUT2D eigenvalue weighted by Crippen LogP contribution is 2.71. The van der Waals surface area contributed by atoms with E-state index in [2.05, 4.69) is 19.9 Å². The molecule has 0 aromatic heterocycles. The lowest BCUT2D eigenvalue weighted by Crippen LogP contribution is -2.54. The third-order valence-corrected chi connectivity index (χ3v) is 9.01. The molecule has 1 spiro atoms. The van der Waals surface area contributed by atoms with Crippen LogP contribution in [0, 0.1) is 28.1 Å². The van der Waals surface area contributed by atoms with Crippen molar-refractivity contribution < 1.29 is 9.59 Å². The topological polar surface area (TPSA) is 34.1 Å². The number of Topliss-reactive ketones (excluding diaryl/α,β-unsaturated/α-hetero) is 1. The highest BCUT2D eigenvalue weighted by molar-refractivity contribution is 5.92. The summed E-state index contributed by atoms with van der Waals surface area (Å²) >= 11 is 0. The van der Waals surface area contributed by atoms with Gasteiger partial charge in [0.1, 0.15) is 5.78 Å². The number of hydrogen-bond donors (Lipinski definition) is 0. The molecule has 0 saturated heterocycles. The van der Waals surface area contributed by atoms with Gasteiger partial charge in [0.15, 0.2) is 5.78 Å². The lowest BCUT2D eigenvalue weighted by Gasteiger charge is -2.57. The predicted molar refractivity (Wildman–Crippen MR) is 93.4 cm³/mol. The summed E-state index contributed by atoms with van der Waals surface area (Å²) < 4.78 is 0. The van der Waals surface area contributed by atoms with Gasteiger partial charge in [-0.15, -0.1) is 0 Å². The Hall–Kier alpha value is -1.18. The van der Waals surface area contributed by atoms with Crippen molar-refractivity contribution in [3.05, 3.63) is 23.3 Å². The lowest BCUT2D eigenvalue weighted by atomic mass is 9.45. The molecule has 24 heavy (non-hydrogen) atoms. The van der Waals surface area contributed by atoms with Crippen molar-refractivity contribution in [2.45, 2.75) is 71.6 Å². The van der Waals surface area contributed by atoms with E-state index < -0.39 is 0 Å². The maximum Gasteiger partial charge on any atom is 0.155 e. The van der Waals surface area contributed by atoms with E-state index in [4.69, 9.17) is 0 Å². The van der Waals surface area contributed by atoms with E-state index in [1.165, 1.54) is 18.4 Å². The summed E-state index contributed by atoms with van der Waals surface area (Å²) in [4.78, 5) is 24.4. The highest BCUT2D eigenvalue weighted by atomic mass is 16.1. The molecule has 0 heterocycles. The van der Waals surface area contributed by atoms with Crippen molar-refractivity contribution >= 4 is 11.6 Å². The van der Waals surface area contributed by atoms with Gasteiger partial charge in [0, 0.05) is 23.7 Å². The molecule has 0 radical (unpaired) electrons. The quantitative estimate of drug-likeness (QED) is 0.600. The molecule has 0 bridgehead atoms. The van der Waals surface area contributed by atoms with E-state index >= 15 is 0 Å². The molecule has 5 atom stereocenters. The van der Waals surface area contributed by atoms with E-state index in [0.717, 1.165) is 38.5 Å². The molecular formula is C22H28O2. The molecule has 0 amide bonds. The third-order valence-electron chi connectivity index (χ3n) is 9.01. The van der Waals surface area contributed by atoms with Crippen LogP contribution in [0.5, 0.6) is 0 Å². The van der Waals surface area contributed by atoms with Gasteiger partial charge in [-0.05, 0) is 68.3 Å². The van der Waals surface area contributed by atoms with E-state index in [1.54, 1.807) is 5.57 Å². The molecule has 5 rings (SSSR count). The minimum Gasteiger partial charge on any atom is -0.299 e. The Morgan fingerprint density at radius 2 is 1.83 bits per heavy atom. The van der Waals surface area contributed by atoms with Crippen LogP contribution in [0.2, 0.25) is 0 Å². The van der Waals surface area contributed by atoms with Gasteiger partial charge >= 0.3 is 0 Å². The smallest absolute Gasteiger partial charge is 0.155 e. The highest BCUT2D eigenvalue weighted by Gasteiger charge is 2.67. The second kappa shape index (κ2) is 4.51. The average molecular weight is 324 g/mol.